The fourth-order valence-corrected chi connectivity index (χ4v) is 1.61. The molecule has 1 heterocycles. The predicted molar refractivity (Wildman–Crippen MR) is 67.6 cm³/mol. The van der Waals surface area contributed by atoms with Crippen LogP contribution in [0.25, 0.3) is 0 Å². The molecule has 98 valence electrons. The Balaban J connectivity index is 2.93. The van der Waals surface area contributed by atoms with Crippen molar-refractivity contribution in [2.75, 3.05) is 13.6 Å². The van der Waals surface area contributed by atoms with Crippen LogP contribution in [0.15, 0.2) is 18.3 Å². The Morgan fingerprint density at radius 1 is 1.50 bits per heavy atom. The molecule has 1 amide bonds. The number of hydrogen-bond donors (Lipinski definition) is 1. The SMILES string of the molecule is CCC(C)CN(C)C(=O)c1ncccc1C(=O)O. The van der Waals surface area contributed by atoms with Gasteiger partial charge in [-0.15, -0.1) is 0 Å². The number of carboxylic acid groups (broad SMARTS) is 1. The molecule has 0 aromatic carbocycles. The summed E-state index contributed by atoms with van der Waals surface area (Å²) in [5.41, 5.74) is -0.0608. The van der Waals surface area contributed by atoms with Gasteiger partial charge in [0.2, 0.25) is 0 Å². The predicted octanol–water partition coefficient (Wildman–Crippen LogP) is 1.90. The average Bonchev–Trinajstić information content (AvgIpc) is 2.37. The Bertz CT molecular complexity index is 446. The van der Waals surface area contributed by atoms with Gasteiger partial charge in [0.25, 0.3) is 5.91 Å². The summed E-state index contributed by atoms with van der Waals surface area (Å²) in [6.07, 6.45) is 2.39. The van der Waals surface area contributed by atoms with Crippen LogP contribution < -0.4 is 0 Å². The van der Waals surface area contributed by atoms with Gasteiger partial charge in [0, 0.05) is 19.8 Å². The molecule has 1 rings (SSSR count). The van der Waals surface area contributed by atoms with Crippen molar-refractivity contribution in [1.29, 1.82) is 0 Å². The van der Waals surface area contributed by atoms with E-state index in [0.29, 0.717) is 12.5 Å². The maximum Gasteiger partial charge on any atom is 0.338 e. The Kier molecular flexibility index (Phi) is 4.83. The minimum Gasteiger partial charge on any atom is -0.478 e. The zero-order valence-corrected chi connectivity index (χ0v) is 10.9. The zero-order chi connectivity index (χ0) is 13.7. The van der Waals surface area contributed by atoms with Gasteiger partial charge in [0.05, 0.1) is 5.56 Å². The van der Waals surface area contributed by atoms with E-state index in [1.54, 1.807) is 7.05 Å². The third-order valence-corrected chi connectivity index (χ3v) is 2.87. The van der Waals surface area contributed by atoms with E-state index in [0.717, 1.165) is 6.42 Å². The molecule has 0 saturated heterocycles. The number of hydrogen-bond acceptors (Lipinski definition) is 3. The molecule has 0 aliphatic rings. The first kappa shape index (κ1) is 14.2. The minimum absolute atomic E-state index is 0.00389. The summed E-state index contributed by atoms with van der Waals surface area (Å²) in [7, 11) is 1.66. The van der Waals surface area contributed by atoms with Crippen LogP contribution in [0.2, 0.25) is 0 Å². The van der Waals surface area contributed by atoms with E-state index in [1.807, 2.05) is 13.8 Å². The smallest absolute Gasteiger partial charge is 0.338 e. The van der Waals surface area contributed by atoms with E-state index in [1.165, 1.54) is 23.2 Å². The minimum atomic E-state index is -1.14. The lowest BCUT2D eigenvalue weighted by Gasteiger charge is -2.20. The molecule has 0 spiro atoms. The van der Waals surface area contributed by atoms with Gasteiger partial charge in [-0.25, -0.2) is 4.79 Å². The van der Waals surface area contributed by atoms with Crippen LogP contribution in [0.1, 0.15) is 41.1 Å². The number of pyridine rings is 1. The number of carboxylic acids is 1. The van der Waals surface area contributed by atoms with Gasteiger partial charge in [-0.2, -0.15) is 0 Å². The molecule has 1 unspecified atom stereocenters. The Morgan fingerprint density at radius 2 is 2.17 bits per heavy atom. The first-order valence-corrected chi connectivity index (χ1v) is 5.91. The van der Waals surface area contributed by atoms with Gasteiger partial charge in [-0.1, -0.05) is 20.3 Å². The Hall–Kier alpha value is -1.91. The topological polar surface area (TPSA) is 70.5 Å². The highest BCUT2D eigenvalue weighted by atomic mass is 16.4. The lowest BCUT2D eigenvalue weighted by atomic mass is 10.1. The van der Waals surface area contributed by atoms with Crippen molar-refractivity contribution in [1.82, 2.24) is 9.88 Å². The molecule has 0 fully saturated rings. The summed E-state index contributed by atoms with van der Waals surface area (Å²) < 4.78 is 0. The summed E-state index contributed by atoms with van der Waals surface area (Å²) in [5, 5.41) is 9.01. The zero-order valence-electron chi connectivity index (χ0n) is 10.9. The number of aromatic nitrogens is 1. The lowest BCUT2D eigenvalue weighted by molar-refractivity contribution is 0.0676. The third-order valence-electron chi connectivity index (χ3n) is 2.87. The molecule has 5 nitrogen and oxygen atoms in total. The van der Waals surface area contributed by atoms with Crippen molar-refractivity contribution in [3.05, 3.63) is 29.6 Å². The van der Waals surface area contributed by atoms with Crippen molar-refractivity contribution >= 4 is 11.9 Å². The van der Waals surface area contributed by atoms with Gasteiger partial charge in [0.1, 0.15) is 5.69 Å². The number of carbonyl (C=O) groups is 2. The first-order valence-electron chi connectivity index (χ1n) is 5.91. The summed E-state index contributed by atoms with van der Waals surface area (Å²) in [6, 6.07) is 2.90. The van der Waals surface area contributed by atoms with Crippen LogP contribution in [0.3, 0.4) is 0 Å². The average molecular weight is 250 g/mol. The molecule has 1 atom stereocenters. The second kappa shape index (κ2) is 6.14. The van der Waals surface area contributed by atoms with Crippen molar-refractivity contribution in [2.24, 2.45) is 5.92 Å². The van der Waals surface area contributed by atoms with Crippen LogP contribution >= 0.6 is 0 Å². The standard InChI is InChI=1S/C13H18N2O3/c1-4-9(2)8-15(3)12(16)11-10(13(17)18)6-5-7-14-11/h5-7,9H,4,8H2,1-3H3,(H,17,18). The van der Waals surface area contributed by atoms with E-state index in [9.17, 15) is 9.59 Å². The van der Waals surface area contributed by atoms with Gasteiger partial charge in [-0.05, 0) is 18.1 Å². The van der Waals surface area contributed by atoms with E-state index in [4.69, 9.17) is 5.11 Å². The molecule has 18 heavy (non-hydrogen) atoms. The van der Waals surface area contributed by atoms with Crippen LogP contribution in [0.4, 0.5) is 0 Å². The fourth-order valence-electron chi connectivity index (χ4n) is 1.61. The van der Waals surface area contributed by atoms with Gasteiger partial charge in [0.15, 0.2) is 0 Å². The Labute approximate surface area is 106 Å². The Morgan fingerprint density at radius 3 is 2.72 bits per heavy atom. The molecule has 0 bridgehead atoms. The number of carbonyl (C=O) groups excluding carboxylic acids is 1. The molecule has 5 heteroatoms. The van der Waals surface area contributed by atoms with E-state index in [2.05, 4.69) is 4.98 Å². The largest absolute Gasteiger partial charge is 0.478 e. The highest BCUT2D eigenvalue weighted by Gasteiger charge is 2.21. The van der Waals surface area contributed by atoms with E-state index >= 15 is 0 Å². The van der Waals surface area contributed by atoms with E-state index in [-0.39, 0.29) is 17.2 Å². The van der Waals surface area contributed by atoms with Crippen molar-refractivity contribution < 1.29 is 14.7 Å². The number of amides is 1. The summed E-state index contributed by atoms with van der Waals surface area (Å²) >= 11 is 0. The highest BCUT2D eigenvalue weighted by Crippen LogP contribution is 2.10. The molecule has 1 aromatic rings. The van der Waals surface area contributed by atoms with Crippen LogP contribution in [-0.2, 0) is 0 Å². The summed E-state index contributed by atoms with van der Waals surface area (Å²) in [4.78, 5) is 28.5. The molecule has 0 aliphatic carbocycles. The van der Waals surface area contributed by atoms with Crippen LogP contribution in [0, 0.1) is 5.92 Å². The molecule has 0 radical (unpaired) electrons. The monoisotopic (exact) mass is 250 g/mol. The number of nitrogens with zero attached hydrogens (tertiary/aromatic N) is 2. The second-order valence-electron chi connectivity index (χ2n) is 4.40. The van der Waals surface area contributed by atoms with Gasteiger partial charge in [-0.3, -0.25) is 9.78 Å². The molecular weight excluding hydrogens is 232 g/mol. The van der Waals surface area contributed by atoms with Gasteiger partial charge >= 0.3 is 5.97 Å². The normalized spacial score (nSPS) is 11.9. The quantitative estimate of drug-likeness (QED) is 0.866. The van der Waals surface area contributed by atoms with Crippen LogP contribution in [-0.4, -0.2) is 40.5 Å². The van der Waals surface area contributed by atoms with Crippen LogP contribution in [0.5, 0.6) is 0 Å². The maximum absolute atomic E-state index is 12.1. The molecule has 0 aliphatic heterocycles. The molecule has 1 aromatic heterocycles. The first-order chi connectivity index (χ1) is 8.47. The molecule has 0 saturated carbocycles. The summed E-state index contributed by atoms with van der Waals surface area (Å²) in [6.45, 7) is 4.68. The van der Waals surface area contributed by atoms with E-state index < -0.39 is 5.97 Å². The third kappa shape index (κ3) is 3.29. The van der Waals surface area contributed by atoms with Crippen molar-refractivity contribution in [3.63, 3.8) is 0 Å². The van der Waals surface area contributed by atoms with Gasteiger partial charge < -0.3 is 10.0 Å². The van der Waals surface area contributed by atoms with Crippen molar-refractivity contribution in [3.8, 4) is 0 Å². The molecular formula is C13H18N2O3. The second-order valence-corrected chi connectivity index (χ2v) is 4.40. The maximum atomic E-state index is 12.1. The fraction of sp³-hybridized carbons (Fsp3) is 0.462. The summed E-state index contributed by atoms with van der Waals surface area (Å²) in [5.74, 6) is -1.12. The molecule has 1 N–H and O–H groups in total. The number of rotatable bonds is 5. The number of aromatic carboxylic acids is 1. The highest BCUT2D eigenvalue weighted by molar-refractivity contribution is 6.03. The van der Waals surface area contributed by atoms with Crippen molar-refractivity contribution in [2.45, 2.75) is 20.3 Å². The lowest BCUT2D eigenvalue weighted by Crippen LogP contribution is -2.32.